The Morgan fingerprint density at radius 3 is 3.08 bits per heavy atom. The molecule has 0 amide bonds. The number of hydrogen-bond donors (Lipinski definition) is 0. The highest BCUT2D eigenvalue weighted by molar-refractivity contribution is 5.88. The van der Waals surface area contributed by atoms with Gasteiger partial charge < -0.3 is 9.15 Å². The molecule has 0 aliphatic carbocycles. The first kappa shape index (κ1) is 6.78. The minimum atomic E-state index is 0.635. The predicted octanol–water partition coefficient (Wildman–Crippen LogP) is 2.84. The van der Waals surface area contributed by atoms with Crippen LogP contribution in [0.5, 0.6) is 5.75 Å². The van der Waals surface area contributed by atoms with Gasteiger partial charge in [-0.05, 0) is 24.3 Å². The molecular formula is C11H8O2. The molecule has 0 bridgehead atoms. The van der Waals surface area contributed by atoms with Crippen molar-refractivity contribution in [1.82, 2.24) is 0 Å². The van der Waals surface area contributed by atoms with Crippen molar-refractivity contribution in [2.45, 2.75) is 0 Å². The Balaban J connectivity index is 2.41. The van der Waals surface area contributed by atoms with E-state index in [-0.39, 0.29) is 0 Å². The van der Waals surface area contributed by atoms with Gasteiger partial charge in [-0.25, -0.2) is 0 Å². The molecule has 3 rings (SSSR count). The van der Waals surface area contributed by atoms with Gasteiger partial charge in [0.25, 0.3) is 0 Å². The van der Waals surface area contributed by atoms with Crippen molar-refractivity contribution < 1.29 is 9.15 Å². The summed E-state index contributed by atoms with van der Waals surface area (Å²) in [5.41, 5.74) is 0.888. The molecular weight excluding hydrogens is 164 g/mol. The second-order valence-corrected chi connectivity index (χ2v) is 3.00. The van der Waals surface area contributed by atoms with Gasteiger partial charge in [-0.2, -0.15) is 0 Å². The van der Waals surface area contributed by atoms with Crippen LogP contribution in [0.4, 0.5) is 0 Å². The maximum Gasteiger partial charge on any atom is 0.173 e. The van der Waals surface area contributed by atoms with Crippen molar-refractivity contribution in [3.8, 4) is 5.75 Å². The monoisotopic (exact) mass is 172 g/mol. The van der Waals surface area contributed by atoms with Gasteiger partial charge in [0.2, 0.25) is 0 Å². The summed E-state index contributed by atoms with van der Waals surface area (Å²) in [7, 11) is 0. The van der Waals surface area contributed by atoms with Crippen molar-refractivity contribution in [3.05, 3.63) is 36.1 Å². The molecule has 2 heterocycles. The lowest BCUT2D eigenvalue weighted by Gasteiger charge is -2.05. The second kappa shape index (κ2) is 2.39. The minimum Gasteiger partial charge on any atom is -0.485 e. The average molecular weight is 172 g/mol. The fourth-order valence-corrected chi connectivity index (χ4v) is 1.59. The highest BCUT2D eigenvalue weighted by Crippen LogP contribution is 2.35. The Morgan fingerprint density at radius 1 is 1.15 bits per heavy atom. The van der Waals surface area contributed by atoms with Gasteiger partial charge in [0.1, 0.15) is 12.2 Å². The summed E-state index contributed by atoms with van der Waals surface area (Å²) < 4.78 is 11.1. The molecule has 0 N–H and O–H groups in total. The molecule has 13 heavy (non-hydrogen) atoms. The van der Waals surface area contributed by atoms with E-state index >= 15 is 0 Å². The van der Waals surface area contributed by atoms with E-state index in [0.29, 0.717) is 6.61 Å². The molecule has 2 heteroatoms. The third-order valence-corrected chi connectivity index (χ3v) is 2.17. The lowest BCUT2D eigenvalue weighted by molar-refractivity contribution is 0.353. The Labute approximate surface area is 75.4 Å². The zero-order valence-electron chi connectivity index (χ0n) is 6.99. The Kier molecular flexibility index (Phi) is 1.25. The van der Waals surface area contributed by atoms with Crippen LogP contribution in [-0.2, 0) is 0 Å². The molecule has 0 spiro atoms. The first-order valence-corrected chi connectivity index (χ1v) is 4.26. The van der Waals surface area contributed by atoms with E-state index in [0.717, 1.165) is 22.5 Å². The molecule has 2 nitrogen and oxygen atoms in total. The molecule has 0 atom stereocenters. The van der Waals surface area contributed by atoms with Crippen LogP contribution in [0.3, 0.4) is 0 Å². The fourth-order valence-electron chi connectivity index (χ4n) is 1.59. The van der Waals surface area contributed by atoms with Crippen LogP contribution in [0, 0.1) is 0 Å². The van der Waals surface area contributed by atoms with E-state index in [1.165, 1.54) is 0 Å². The van der Waals surface area contributed by atoms with Gasteiger partial charge in [0.05, 0.1) is 5.39 Å². The van der Waals surface area contributed by atoms with Crippen LogP contribution in [-0.4, -0.2) is 6.61 Å². The van der Waals surface area contributed by atoms with Gasteiger partial charge in [-0.1, -0.05) is 12.1 Å². The molecule has 64 valence electrons. The fraction of sp³-hybridized carbons (Fsp3) is 0.0909. The normalized spacial score (nSPS) is 14.2. The molecule has 1 aliphatic rings. The Bertz CT molecular complexity index is 480. The zero-order chi connectivity index (χ0) is 8.67. The lowest BCUT2D eigenvalue weighted by Crippen LogP contribution is -1.97. The molecule has 1 aliphatic heterocycles. The molecule has 1 aromatic heterocycles. The molecule has 0 saturated heterocycles. The highest BCUT2D eigenvalue weighted by Gasteiger charge is 2.14. The standard InChI is InChI=1S/C11H8O2/c1-2-5-9-8(4-1)11-10(13-9)6-3-7-12-11/h1-6H,7H2. The van der Waals surface area contributed by atoms with Crippen LogP contribution in [0.15, 0.2) is 34.8 Å². The molecule has 0 fully saturated rings. The molecule has 0 saturated carbocycles. The van der Waals surface area contributed by atoms with E-state index < -0.39 is 0 Å². The van der Waals surface area contributed by atoms with E-state index in [1.54, 1.807) is 0 Å². The van der Waals surface area contributed by atoms with Crippen molar-refractivity contribution in [2.75, 3.05) is 6.61 Å². The molecule has 2 aromatic rings. The number of para-hydroxylation sites is 1. The topological polar surface area (TPSA) is 22.4 Å². The third kappa shape index (κ3) is 0.886. The summed E-state index contributed by atoms with van der Waals surface area (Å²) in [4.78, 5) is 0. The maximum absolute atomic E-state index is 5.58. The van der Waals surface area contributed by atoms with Crippen LogP contribution < -0.4 is 4.74 Å². The largest absolute Gasteiger partial charge is 0.485 e. The van der Waals surface area contributed by atoms with Crippen molar-refractivity contribution in [3.63, 3.8) is 0 Å². The first-order chi connectivity index (χ1) is 6.45. The van der Waals surface area contributed by atoms with Crippen LogP contribution in [0.2, 0.25) is 0 Å². The summed E-state index contributed by atoms with van der Waals surface area (Å²) in [6.07, 6.45) is 3.91. The van der Waals surface area contributed by atoms with Crippen molar-refractivity contribution in [1.29, 1.82) is 0 Å². The zero-order valence-corrected chi connectivity index (χ0v) is 6.99. The number of hydrogen-bond acceptors (Lipinski definition) is 2. The Hall–Kier alpha value is -1.70. The maximum atomic E-state index is 5.58. The summed E-state index contributed by atoms with van der Waals surface area (Å²) in [6.45, 7) is 0.635. The van der Waals surface area contributed by atoms with Gasteiger partial charge in [0.15, 0.2) is 11.5 Å². The summed E-state index contributed by atoms with van der Waals surface area (Å²) in [6, 6.07) is 7.91. The number of ether oxygens (including phenoxy) is 1. The third-order valence-electron chi connectivity index (χ3n) is 2.17. The first-order valence-electron chi connectivity index (χ1n) is 4.26. The van der Waals surface area contributed by atoms with Crippen molar-refractivity contribution in [2.24, 2.45) is 0 Å². The summed E-state index contributed by atoms with van der Waals surface area (Å²) >= 11 is 0. The van der Waals surface area contributed by atoms with Crippen LogP contribution >= 0.6 is 0 Å². The summed E-state index contributed by atoms with van der Waals surface area (Å²) in [5.74, 6) is 1.70. The SMILES string of the molecule is C1=Cc2oc3ccccc3c2OC1. The van der Waals surface area contributed by atoms with Gasteiger partial charge in [0, 0.05) is 0 Å². The number of furan rings is 1. The number of rotatable bonds is 0. The van der Waals surface area contributed by atoms with E-state index in [1.807, 2.05) is 36.4 Å². The van der Waals surface area contributed by atoms with Crippen LogP contribution in [0.1, 0.15) is 5.76 Å². The van der Waals surface area contributed by atoms with Gasteiger partial charge >= 0.3 is 0 Å². The predicted molar refractivity (Wildman–Crippen MR) is 50.7 cm³/mol. The molecule has 1 aromatic carbocycles. The number of benzene rings is 1. The molecule has 0 radical (unpaired) electrons. The highest BCUT2D eigenvalue weighted by atomic mass is 16.5. The second-order valence-electron chi connectivity index (χ2n) is 3.00. The lowest BCUT2D eigenvalue weighted by atomic mass is 10.2. The average Bonchev–Trinajstić information content (AvgIpc) is 2.56. The van der Waals surface area contributed by atoms with E-state index in [9.17, 15) is 0 Å². The van der Waals surface area contributed by atoms with Gasteiger partial charge in [-0.3, -0.25) is 0 Å². The smallest absolute Gasteiger partial charge is 0.173 e. The van der Waals surface area contributed by atoms with E-state index in [4.69, 9.17) is 9.15 Å². The van der Waals surface area contributed by atoms with Crippen molar-refractivity contribution >= 4 is 17.0 Å². The van der Waals surface area contributed by atoms with Crippen LogP contribution in [0.25, 0.3) is 17.0 Å². The quantitative estimate of drug-likeness (QED) is 0.609. The minimum absolute atomic E-state index is 0.635. The van der Waals surface area contributed by atoms with Gasteiger partial charge in [-0.15, -0.1) is 0 Å². The summed E-state index contributed by atoms with van der Waals surface area (Å²) in [5, 5.41) is 1.06. The Morgan fingerprint density at radius 2 is 2.08 bits per heavy atom. The number of fused-ring (bicyclic) bond motifs is 3. The van der Waals surface area contributed by atoms with E-state index in [2.05, 4.69) is 0 Å². The molecule has 0 unspecified atom stereocenters.